The Balaban J connectivity index is 1.59. The molecule has 1 aromatic rings. The van der Waals surface area contributed by atoms with Crippen LogP contribution in [0.3, 0.4) is 0 Å². The molecule has 3 heteroatoms. The first-order valence-electron chi connectivity index (χ1n) is 7.26. The number of nitrogens with one attached hydrogen (secondary N) is 1. The number of hydrogen-bond donors (Lipinski definition) is 1. The van der Waals surface area contributed by atoms with Crippen LogP contribution in [-0.2, 0) is 22.5 Å². The van der Waals surface area contributed by atoms with Crippen molar-refractivity contribution in [2.24, 2.45) is 0 Å². The predicted octanol–water partition coefficient (Wildman–Crippen LogP) is 2.53. The van der Waals surface area contributed by atoms with Crippen LogP contribution in [-0.4, -0.2) is 32.9 Å². The molecule has 0 spiro atoms. The smallest absolute Gasteiger partial charge is 0.0716 e. The van der Waals surface area contributed by atoms with Crippen LogP contribution >= 0.6 is 0 Å². The fourth-order valence-corrected chi connectivity index (χ4v) is 2.01. The maximum absolute atomic E-state index is 5.59. The van der Waals surface area contributed by atoms with E-state index in [2.05, 4.69) is 29.6 Å². The van der Waals surface area contributed by atoms with Gasteiger partial charge in [0.2, 0.25) is 0 Å². The SMILES string of the molecule is COCCCOCc1ccc(CCNC2CC2)cc1. The van der Waals surface area contributed by atoms with Crippen LogP contribution in [0, 0.1) is 0 Å². The molecule has 0 saturated heterocycles. The molecular formula is C16H25NO2. The molecule has 3 nitrogen and oxygen atoms in total. The van der Waals surface area contributed by atoms with Crippen molar-refractivity contribution in [2.75, 3.05) is 26.9 Å². The van der Waals surface area contributed by atoms with Gasteiger partial charge in [0.1, 0.15) is 0 Å². The van der Waals surface area contributed by atoms with E-state index < -0.39 is 0 Å². The van der Waals surface area contributed by atoms with E-state index in [9.17, 15) is 0 Å². The zero-order chi connectivity index (χ0) is 13.3. The Labute approximate surface area is 116 Å². The third-order valence-electron chi connectivity index (χ3n) is 3.35. The highest BCUT2D eigenvalue weighted by molar-refractivity contribution is 5.22. The van der Waals surface area contributed by atoms with Gasteiger partial charge in [-0.25, -0.2) is 0 Å². The van der Waals surface area contributed by atoms with Gasteiger partial charge in [-0.1, -0.05) is 24.3 Å². The van der Waals surface area contributed by atoms with Crippen molar-refractivity contribution in [3.63, 3.8) is 0 Å². The minimum absolute atomic E-state index is 0.699. The minimum Gasteiger partial charge on any atom is -0.385 e. The quantitative estimate of drug-likeness (QED) is 0.658. The summed E-state index contributed by atoms with van der Waals surface area (Å²) in [6.07, 6.45) is 4.80. The Hall–Kier alpha value is -0.900. The van der Waals surface area contributed by atoms with E-state index in [1.54, 1.807) is 7.11 Å². The van der Waals surface area contributed by atoms with E-state index >= 15 is 0 Å². The summed E-state index contributed by atoms with van der Waals surface area (Å²) in [5.74, 6) is 0. The molecule has 1 aliphatic rings. The zero-order valence-electron chi connectivity index (χ0n) is 11.9. The Morgan fingerprint density at radius 1 is 1.11 bits per heavy atom. The number of benzene rings is 1. The molecule has 0 aliphatic heterocycles. The highest BCUT2D eigenvalue weighted by atomic mass is 16.5. The summed E-state index contributed by atoms with van der Waals surface area (Å²) in [5, 5.41) is 3.54. The summed E-state index contributed by atoms with van der Waals surface area (Å²) in [6, 6.07) is 9.57. The largest absolute Gasteiger partial charge is 0.385 e. The molecule has 1 N–H and O–H groups in total. The van der Waals surface area contributed by atoms with Crippen molar-refractivity contribution in [3.05, 3.63) is 35.4 Å². The Bertz CT molecular complexity index is 346. The topological polar surface area (TPSA) is 30.5 Å². The lowest BCUT2D eigenvalue weighted by atomic mass is 10.1. The van der Waals surface area contributed by atoms with Crippen LogP contribution in [0.25, 0.3) is 0 Å². The summed E-state index contributed by atoms with van der Waals surface area (Å²) in [5.41, 5.74) is 2.65. The van der Waals surface area contributed by atoms with Gasteiger partial charge in [-0.15, -0.1) is 0 Å². The highest BCUT2D eigenvalue weighted by Crippen LogP contribution is 2.18. The molecule has 1 aliphatic carbocycles. The van der Waals surface area contributed by atoms with Crippen LogP contribution in [0.5, 0.6) is 0 Å². The summed E-state index contributed by atoms with van der Waals surface area (Å²) >= 11 is 0. The standard InChI is InChI=1S/C16H25NO2/c1-18-11-2-12-19-13-15-5-3-14(4-6-15)9-10-17-16-7-8-16/h3-6,16-17H,2,7-13H2,1H3. The Morgan fingerprint density at radius 2 is 1.84 bits per heavy atom. The van der Waals surface area contributed by atoms with Crippen molar-refractivity contribution in [1.82, 2.24) is 5.32 Å². The van der Waals surface area contributed by atoms with Crippen molar-refractivity contribution >= 4 is 0 Å². The third-order valence-corrected chi connectivity index (χ3v) is 3.35. The lowest BCUT2D eigenvalue weighted by Crippen LogP contribution is -2.19. The summed E-state index contributed by atoms with van der Waals surface area (Å²) in [6.45, 7) is 3.33. The molecule has 0 unspecified atom stereocenters. The fraction of sp³-hybridized carbons (Fsp3) is 0.625. The highest BCUT2D eigenvalue weighted by Gasteiger charge is 2.19. The van der Waals surface area contributed by atoms with E-state index in [1.807, 2.05) is 0 Å². The van der Waals surface area contributed by atoms with Gasteiger partial charge in [0, 0.05) is 26.4 Å². The Kier molecular flexibility index (Phi) is 6.34. The van der Waals surface area contributed by atoms with E-state index in [0.29, 0.717) is 6.61 Å². The lowest BCUT2D eigenvalue weighted by molar-refractivity contribution is 0.0928. The van der Waals surface area contributed by atoms with Gasteiger partial charge >= 0.3 is 0 Å². The summed E-state index contributed by atoms with van der Waals surface area (Å²) < 4.78 is 10.6. The minimum atomic E-state index is 0.699. The third kappa shape index (κ3) is 6.19. The number of hydrogen-bond acceptors (Lipinski definition) is 3. The molecule has 19 heavy (non-hydrogen) atoms. The van der Waals surface area contributed by atoms with E-state index in [-0.39, 0.29) is 0 Å². The molecule has 1 saturated carbocycles. The van der Waals surface area contributed by atoms with Gasteiger partial charge in [0.05, 0.1) is 6.61 Å². The second-order valence-corrected chi connectivity index (χ2v) is 5.19. The lowest BCUT2D eigenvalue weighted by Gasteiger charge is -2.06. The van der Waals surface area contributed by atoms with Gasteiger partial charge in [-0.2, -0.15) is 0 Å². The van der Waals surface area contributed by atoms with Crippen molar-refractivity contribution in [1.29, 1.82) is 0 Å². The van der Waals surface area contributed by atoms with Gasteiger partial charge in [0.15, 0.2) is 0 Å². The fourth-order valence-electron chi connectivity index (χ4n) is 2.01. The molecule has 0 radical (unpaired) electrons. The van der Waals surface area contributed by atoms with Crippen LogP contribution in [0.2, 0.25) is 0 Å². The molecule has 0 bridgehead atoms. The normalized spacial score (nSPS) is 14.8. The van der Waals surface area contributed by atoms with Gasteiger partial charge < -0.3 is 14.8 Å². The molecule has 2 rings (SSSR count). The maximum atomic E-state index is 5.59. The van der Waals surface area contributed by atoms with Crippen molar-refractivity contribution < 1.29 is 9.47 Å². The van der Waals surface area contributed by atoms with Gasteiger partial charge in [-0.05, 0) is 43.4 Å². The van der Waals surface area contributed by atoms with Crippen molar-refractivity contribution in [3.8, 4) is 0 Å². The van der Waals surface area contributed by atoms with E-state index in [0.717, 1.165) is 38.6 Å². The van der Waals surface area contributed by atoms with Gasteiger partial charge in [-0.3, -0.25) is 0 Å². The molecular weight excluding hydrogens is 238 g/mol. The van der Waals surface area contributed by atoms with Gasteiger partial charge in [0.25, 0.3) is 0 Å². The average Bonchev–Trinajstić information content (AvgIpc) is 3.24. The first-order chi connectivity index (χ1) is 9.38. The van der Waals surface area contributed by atoms with Crippen molar-refractivity contribution in [2.45, 2.75) is 38.3 Å². The first-order valence-corrected chi connectivity index (χ1v) is 7.26. The monoisotopic (exact) mass is 263 g/mol. The summed E-state index contributed by atoms with van der Waals surface area (Å²) in [4.78, 5) is 0. The Morgan fingerprint density at radius 3 is 2.53 bits per heavy atom. The number of methoxy groups -OCH3 is 1. The van der Waals surface area contributed by atoms with Crippen LogP contribution < -0.4 is 5.32 Å². The van der Waals surface area contributed by atoms with Crippen LogP contribution in [0.4, 0.5) is 0 Å². The molecule has 1 aromatic carbocycles. The first kappa shape index (κ1) is 14.5. The van der Waals surface area contributed by atoms with E-state index in [4.69, 9.17) is 9.47 Å². The molecule has 0 amide bonds. The molecule has 0 atom stereocenters. The predicted molar refractivity (Wildman–Crippen MR) is 77.3 cm³/mol. The van der Waals surface area contributed by atoms with E-state index in [1.165, 1.54) is 24.0 Å². The van der Waals surface area contributed by atoms with Crippen LogP contribution in [0.15, 0.2) is 24.3 Å². The maximum Gasteiger partial charge on any atom is 0.0716 e. The van der Waals surface area contributed by atoms with Crippen LogP contribution in [0.1, 0.15) is 30.4 Å². The molecule has 0 heterocycles. The number of ether oxygens (including phenoxy) is 2. The molecule has 106 valence electrons. The summed E-state index contributed by atoms with van der Waals surface area (Å²) in [7, 11) is 1.72. The zero-order valence-corrected chi connectivity index (χ0v) is 11.9. The second-order valence-electron chi connectivity index (χ2n) is 5.19. The second kappa shape index (κ2) is 8.31. The average molecular weight is 263 g/mol. The number of rotatable bonds is 10. The molecule has 1 fully saturated rings. The molecule has 0 aromatic heterocycles.